The van der Waals surface area contributed by atoms with Crippen LogP contribution in [-0.4, -0.2) is 46.3 Å². The molecule has 1 aromatic carbocycles. The highest BCUT2D eigenvalue weighted by Crippen LogP contribution is 2.19. The maximum Gasteiger partial charge on any atom is 0.257 e. The summed E-state index contributed by atoms with van der Waals surface area (Å²) < 4.78 is 1.76. The van der Waals surface area contributed by atoms with Gasteiger partial charge in [0.15, 0.2) is 0 Å². The molecule has 1 aliphatic heterocycles. The molecule has 1 aromatic heterocycles. The number of piperazine rings is 1. The van der Waals surface area contributed by atoms with E-state index in [2.05, 4.69) is 17.3 Å². The van der Waals surface area contributed by atoms with Gasteiger partial charge >= 0.3 is 0 Å². The first-order chi connectivity index (χ1) is 10.6. The number of nitrogens with zero attached hydrogens (tertiary/aromatic N) is 3. The number of carbonyl (C=O) groups excluding carboxylic acids is 1. The Kier molecular flexibility index (Phi) is 4.18. The monoisotopic (exact) mass is 318 g/mol. The van der Waals surface area contributed by atoms with Gasteiger partial charge in [0.2, 0.25) is 0 Å². The predicted octanol–water partition coefficient (Wildman–Crippen LogP) is 2.27. The van der Waals surface area contributed by atoms with E-state index in [9.17, 15) is 4.79 Å². The van der Waals surface area contributed by atoms with E-state index in [-0.39, 0.29) is 11.9 Å². The fourth-order valence-corrected chi connectivity index (χ4v) is 2.97. The number of halogens is 1. The Hall–Kier alpha value is -1.85. The average Bonchev–Trinajstić information content (AvgIpc) is 2.89. The highest BCUT2D eigenvalue weighted by atomic mass is 35.5. The average molecular weight is 319 g/mol. The lowest BCUT2D eigenvalue weighted by Crippen LogP contribution is -2.52. The summed E-state index contributed by atoms with van der Waals surface area (Å²) in [5, 5.41) is 8.31. The van der Waals surface area contributed by atoms with Crippen LogP contribution in [0.25, 0.3) is 5.69 Å². The molecule has 1 amide bonds. The number of amides is 1. The fourth-order valence-electron chi connectivity index (χ4n) is 2.79. The van der Waals surface area contributed by atoms with Crippen LogP contribution in [0, 0.1) is 6.92 Å². The van der Waals surface area contributed by atoms with Crippen molar-refractivity contribution in [3.05, 3.63) is 46.7 Å². The highest BCUT2D eigenvalue weighted by Gasteiger charge is 2.26. The molecule has 1 saturated heterocycles. The number of carbonyl (C=O) groups is 1. The number of hydrogen-bond acceptors (Lipinski definition) is 3. The van der Waals surface area contributed by atoms with Crippen LogP contribution in [0.1, 0.15) is 23.0 Å². The summed E-state index contributed by atoms with van der Waals surface area (Å²) in [6, 6.07) is 7.64. The quantitative estimate of drug-likeness (QED) is 0.924. The molecule has 2 heterocycles. The highest BCUT2D eigenvalue weighted by molar-refractivity contribution is 6.30. The van der Waals surface area contributed by atoms with E-state index in [1.165, 1.54) is 0 Å². The second kappa shape index (κ2) is 6.10. The van der Waals surface area contributed by atoms with Gasteiger partial charge in [0.25, 0.3) is 5.91 Å². The number of benzene rings is 1. The van der Waals surface area contributed by atoms with Crippen LogP contribution >= 0.6 is 11.6 Å². The second-order valence-corrected chi connectivity index (χ2v) is 6.02. The lowest BCUT2D eigenvalue weighted by atomic mass is 10.1. The first-order valence-electron chi connectivity index (χ1n) is 7.40. The van der Waals surface area contributed by atoms with Crippen LogP contribution in [0.15, 0.2) is 30.5 Å². The van der Waals surface area contributed by atoms with Gasteiger partial charge in [0.05, 0.1) is 23.1 Å². The van der Waals surface area contributed by atoms with Crippen molar-refractivity contribution in [3.8, 4) is 5.69 Å². The topological polar surface area (TPSA) is 50.2 Å². The van der Waals surface area contributed by atoms with Crippen molar-refractivity contribution < 1.29 is 4.79 Å². The molecule has 6 heteroatoms. The summed E-state index contributed by atoms with van der Waals surface area (Å²) >= 11 is 6.03. The molecule has 1 N–H and O–H groups in total. The SMILES string of the molecule is Cc1c(C(=O)N2CCNC[C@H]2C)cnn1-c1cccc(Cl)c1. The molecule has 1 fully saturated rings. The molecule has 0 radical (unpaired) electrons. The smallest absolute Gasteiger partial charge is 0.257 e. The summed E-state index contributed by atoms with van der Waals surface area (Å²) in [5.74, 6) is 0.0415. The van der Waals surface area contributed by atoms with Gasteiger partial charge in [-0.3, -0.25) is 4.79 Å². The fraction of sp³-hybridized carbons (Fsp3) is 0.375. The van der Waals surface area contributed by atoms with Gasteiger partial charge in [0, 0.05) is 30.7 Å². The summed E-state index contributed by atoms with van der Waals surface area (Å²) in [6.07, 6.45) is 1.65. The summed E-state index contributed by atoms with van der Waals surface area (Å²) in [4.78, 5) is 14.7. The van der Waals surface area contributed by atoms with Crippen LogP contribution in [0.4, 0.5) is 0 Å². The van der Waals surface area contributed by atoms with E-state index < -0.39 is 0 Å². The molecule has 0 bridgehead atoms. The summed E-state index contributed by atoms with van der Waals surface area (Å²) in [5.41, 5.74) is 2.34. The molecule has 1 aliphatic rings. The third kappa shape index (κ3) is 2.74. The van der Waals surface area contributed by atoms with Crippen LogP contribution in [0.5, 0.6) is 0 Å². The third-order valence-corrected chi connectivity index (χ3v) is 4.29. The third-order valence-electron chi connectivity index (χ3n) is 4.06. The van der Waals surface area contributed by atoms with E-state index in [1.807, 2.05) is 36.1 Å². The Morgan fingerprint density at radius 3 is 3.00 bits per heavy atom. The van der Waals surface area contributed by atoms with Gasteiger partial charge in [-0.25, -0.2) is 4.68 Å². The molecule has 0 unspecified atom stereocenters. The maximum atomic E-state index is 12.8. The standard InChI is InChI=1S/C16H19ClN4O/c1-11-9-18-6-7-20(11)16(22)15-10-19-21(12(15)2)14-5-3-4-13(17)8-14/h3-5,8,10-11,18H,6-7,9H2,1-2H3/t11-/m1/s1. The minimum absolute atomic E-state index is 0.0415. The first-order valence-corrected chi connectivity index (χ1v) is 7.78. The van der Waals surface area contributed by atoms with Crippen LogP contribution in [0.3, 0.4) is 0 Å². The Labute approximate surface area is 134 Å². The van der Waals surface area contributed by atoms with E-state index in [0.29, 0.717) is 10.6 Å². The van der Waals surface area contributed by atoms with Crippen molar-refractivity contribution in [3.63, 3.8) is 0 Å². The summed E-state index contributed by atoms with van der Waals surface area (Å²) in [7, 11) is 0. The lowest BCUT2D eigenvalue weighted by molar-refractivity contribution is 0.0655. The zero-order valence-electron chi connectivity index (χ0n) is 12.7. The van der Waals surface area contributed by atoms with Crippen molar-refractivity contribution in [1.82, 2.24) is 20.0 Å². The molecular formula is C16H19ClN4O. The van der Waals surface area contributed by atoms with E-state index in [0.717, 1.165) is 31.0 Å². The Morgan fingerprint density at radius 2 is 2.27 bits per heavy atom. The van der Waals surface area contributed by atoms with Crippen molar-refractivity contribution in [2.75, 3.05) is 19.6 Å². The molecular weight excluding hydrogens is 300 g/mol. The minimum Gasteiger partial charge on any atom is -0.333 e. The van der Waals surface area contributed by atoms with E-state index >= 15 is 0 Å². The van der Waals surface area contributed by atoms with Gasteiger partial charge < -0.3 is 10.2 Å². The number of aromatic nitrogens is 2. The Bertz CT molecular complexity index is 697. The predicted molar refractivity (Wildman–Crippen MR) is 86.7 cm³/mol. The Balaban J connectivity index is 1.91. The van der Waals surface area contributed by atoms with Gasteiger partial charge in [-0.2, -0.15) is 5.10 Å². The van der Waals surface area contributed by atoms with Crippen LogP contribution in [-0.2, 0) is 0 Å². The van der Waals surface area contributed by atoms with Gasteiger partial charge in [-0.1, -0.05) is 17.7 Å². The van der Waals surface area contributed by atoms with Crippen molar-refractivity contribution in [1.29, 1.82) is 0 Å². The zero-order chi connectivity index (χ0) is 15.7. The van der Waals surface area contributed by atoms with Gasteiger partial charge in [-0.05, 0) is 32.0 Å². The largest absolute Gasteiger partial charge is 0.333 e. The molecule has 2 aromatic rings. The van der Waals surface area contributed by atoms with Crippen molar-refractivity contribution in [2.45, 2.75) is 19.9 Å². The van der Waals surface area contributed by atoms with Crippen molar-refractivity contribution >= 4 is 17.5 Å². The van der Waals surface area contributed by atoms with E-state index in [1.54, 1.807) is 10.9 Å². The molecule has 1 atom stereocenters. The number of rotatable bonds is 2. The molecule has 0 aliphatic carbocycles. The minimum atomic E-state index is 0.0415. The number of hydrogen-bond donors (Lipinski definition) is 1. The van der Waals surface area contributed by atoms with Crippen LogP contribution in [0.2, 0.25) is 5.02 Å². The first kappa shape index (κ1) is 15.1. The molecule has 22 heavy (non-hydrogen) atoms. The van der Waals surface area contributed by atoms with Gasteiger partial charge in [-0.15, -0.1) is 0 Å². The molecule has 0 spiro atoms. The molecule has 116 valence electrons. The van der Waals surface area contributed by atoms with Gasteiger partial charge in [0.1, 0.15) is 0 Å². The van der Waals surface area contributed by atoms with Crippen LogP contribution < -0.4 is 5.32 Å². The maximum absolute atomic E-state index is 12.8. The zero-order valence-corrected chi connectivity index (χ0v) is 13.5. The molecule has 0 saturated carbocycles. The lowest BCUT2D eigenvalue weighted by Gasteiger charge is -2.33. The van der Waals surface area contributed by atoms with E-state index in [4.69, 9.17) is 11.6 Å². The number of nitrogens with one attached hydrogen (secondary N) is 1. The Morgan fingerprint density at radius 1 is 1.45 bits per heavy atom. The summed E-state index contributed by atoms with van der Waals surface area (Å²) in [6.45, 7) is 6.35. The molecule has 3 rings (SSSR count). The van der Waals surface area contributed by atoms with Crippen molar-refractivity contribution in [2.24, 2.45) is 0 Å². The molecule has 5 nitrogen and oxygen atoms in total. The second-order valence-electron chi connectivity index (χ2n) is 5.59. The normalized spacial score (nSPS) is 18.5.